The Labute approximate surface area is 179 Å². The quantitative estimate of drug-likeness (QED) is 0.329. The van der Waals surface area contributed by atoms with Gasteiger partial charge in [-0.3, -0.25) is 0 Å². The minimum Gasteiger partial charge on any atom is -0.322 e. The van der Waals surface area contributed by atoms with Gasteiger partial charge in [0.15, 0.2) is 8.45 Å². The molecular formula is C24H26ClN2OP. The molecule has 0 bridgehead atoms. The third-order valence-electron chi connectivity index (χ3n) is 5.46. The molecule has 150 valence electrons. The van der Waals surface area contributed by atoms with Gasteiger partial charge in [0.1, 0.15) is 6.10 Å². The van der Waals surface area contributed by atoms with E-state index in [0.29, 0.717) is 5.88 Å². The Morgan fingerprint density at radius 3 is 1.59 bits per heavy atom. The summed E-state index contributed by atoms with van der Waals surface area (Å²) < 4.78 is 11.4. The molecule has 29 heavy (non-hydrogen) atoms. The Bertz CT molecular complexity index is 845. The predicted octanol–water partition coefficient (Wildman–Crippen LogP) is 6.57. The summed E-state index contributed by atoms with van der Waals surface area (Å²) in [5.41, 5.74) is 3.71. The number of alkyl halides is 1. The molecule has 5 heteroatoms. The first kappa shape index (κ1) is 20.5. The second kappa shape index (κ2) is 9.38. The molecule has 0 aromatic heterocycles. The number of hydrogen-bond donors (Lipinski definition) is 0. The van der Waals surface area contributed by atoms with E-state index in [-0.39, 0.29) is 18.2 Å². The first-order chi connectivity index (χ1) is 14.2. The number of nitrogens with zero attached hydrogens (tertiary/aromatic N) is 2. The lowest BCUT2D eigenvalue weighted by Gasteiger charge is -2.29. The van der Waals surface area contributed by atoms with E-state index in [1.54, 1.807) is 0 Å². The van der Waals surface area contributed by atoms with Crippen molar-refractivity contribution in [2.75, 3.05) is 20.0 Å². The van der Waals surface area contributed by atoms with Crippen LogP contribution in [0.15, 0.2) is 91.0 Å². The van der Waals surface area contributed by atoms with Crippen molar-refractivity contribution in [1.82, 2.24) is 9.34 Å². The second-order valence-electron chi connectivity index (χ2n) is 7.27. The van der Waals surface area contributed by atoms with Crippen LogP contribution in [0.4, 0.5) is 0 Å². The molecule has 1 fully saturated rings. The Morgan fingerprint density at radius 2 is 1.17 bits per heavy atom. The fraction of sp³-hybridized carbons (Fsp3) is 0.250. The van der Waals surface area contributed by atoms with Crippen molar-refractivity contribution in [3.63, 3.8) is 0 Å². The molecule has 1 heterocycles. The number of rotatable bonds is 6. The maximum absolute atomic E-state index is 6.66. The van der Waals surface area contributed by atoms with Crippen LogP contribution in [0.1, 0.15) is 34.9 Å². The zero-order valence-corrected chi connectivity index (χ0v) is 18.4. The maximum Gasteiger partial charge on any atom is 0.189 e. The molecule has 4 rings (SSSR count). The average molecular weight is 425 g/mol. The fourth-order valence-corrected chi connectivity index (χ4v) is 6.49. The predicted molar refractivity (Wildman–Crippen MR) is 122 cm³/mol. The normalized spacial score (nSPS) is 22.0. The largest absolute Gasteiger partial charge is 0.322 e. The van der Waals surface area contributed by atoms with Gasteiger partial charge in [0.05, 0.1) is 18.0 Å². The summed E-state index contributed by atoms with van der Waals surface area (Å²) in [6, 6.07) is 32.1. The van der Waals surface area contributed by atoms with E-state index in [0.717, 1.165) is 5.56 Å². The summed E-state index contributed by atoms with van der Waals surface area (Å²) in [4.78, 5) is 0. The zero-order chi connectivity index (χ0) is 20.2. The van der Waals surface area contributed by atoms with Gasteiger partial charge in [-0.1, -0.05) is 91.0 Å². The molecule has 0 amide bonds. The molecule has 0 saturated carbocycles. The summed E-state index contributed by atoms with van der Waals surface area (Å²) in [7, 11) is 3.35. The number of hydrogen-bond acceptors (Lipinski definition) is 3. The van der Waals surface area contributed by atoms with Crippen molar-refractivity contribution in [1.29, 1.82) is 0 Å². The smallest absolute Gasteiger partial charge is 0.189 e. The molecule has 3 aromatic rings. The van der Waals surface area contributed by atoms with E-state index in [1.807, 2.05) is 18.2 Å². The van der Waals surface area contributed by atoms with E-state index < -0.39 is 8.45 Å². The number of likely N-dealkylation sites (N-methyl/N-ethyl adjacent to an activating group) is 2. The second-order valence-corrected chi connectivity index (χ2v) is 9.56. The zero-order valence-electron chi connectivity index (χ0n) is 16.7. The van der Waals surface area contributed by atoms with Gasteiger partial charge in [0.2, 0.25) is 0 Å². The minimum absolute atomic E-state index is 0.139. The molecule has 3 atom stereocenters. The van der Waals surface area contributed by atoms with Gasteiger partial charge in [-0.25, -0.2) is 9.34 Å². The molecular weight excluding hydrogens is 399 g/mol. The van der Waals surface area contributed by atoms with Gasteiger partial charge < -0.3 is 4.52 Å². The number of halogens is 1. The molecule has 1 aliphatic heterocycles. The van der Waals surface area contributed by atoms with Crippen molar-refractivity contribution in [2.24, 2.45) is 0 Å². The molecule has 0 aliphatic carbocycles. The van der Waals surface area contributed by atoms with E-state index in [9.17, 15) is 0 Å². The summed E-state index contributed by atoms with van der Waals surface area (Å²) in [5.74, 6) is 0.427. The topological polar surface area (TPSA) is 15.7 Å². The molecule has 0 unspecified atom stereocenters. The van der Waals surface area contributed by atoms with Crippen molar-refractivity contribution in [3.8, 4) is 0 Å². The standard InChI is InChI=1S/C24H26ClN2OP/c1-26-23(20-14-8-4-9-15-20)24(21-16-10-5-11-17-21)27(2)29(26)28-22(18-25)19-12-6-3-7-13-19/h3-17,22-24H,18H2,1-2H3/t22-,23-,24-/m1/s1. The highest BCUT2D eigenvalue weighted by Gasteiger charge is 2.47. The van der Waals surface area contributed by atoms with Crippen LogP contribution >= 0.6 is 20.1 Å². The monoisotopic (exact) mass is 424 g/mol. The third-order valence-corrected chi connectivity index (χ3v) is 7.76. The fourth-order valence-electron chi connectivity index (χ4n) is 4.05. The Balaban J connectivity index is 1.68. The highest BCUT2D eigenvalue weighted by molar-refractivity contribution is 7.47. The van der Waals surface area contributed by atoms with Gasteiger partial charge in [0.25, 0.3) is 0 Å². The molecule has 3 aromatic carbocycles. The molecule has 0 spiro atoms. The Morgan fingerprint density at radius 1 is 0.759 bits per heavy atom. The van der Waals surface area contributed by atoms with Crippen molar-refractivity contribution in [3.05, 3.63) is 108 Å². The lowest BCUT2D eigenvalue weighted by atomic mass is 9.93. The van der Waals surface area contributed by atoms with Crippen LogP contribution in [0.25, 0.3) is 0 Å². The summed E-state index contributed by atoms with van der Waals surface area (Å²) in [6.45, 7) is 0. The first-order valence-corrected chi connectivity index (χ1v) is 11.5. The third kappa shape index (κ3) is 4.26. The van der Waals surface area contributed by atoms with Gasteiger partial charge >= 0.3 is 0 Å². The van der Waals surface area contributed by atoms with Crippen LogP contribution in [0.5, 0.6) is 0 Å². The molecule has 0 N–H and O–H groups in total. The van der Waals surface area contributed by atoms with Crippen molar-refractivity contribution >= 4 is 20.1 Å². The highest BCUT2D eigenvalue weighted by atomic mass is 35.5. The van der Waals surface area contributed by atoms with E-state index in [4.69, 9.17) is 16.1 Å². The van der Waals surface area contributed by atoms with Crippen LogP contribution < -0.4 is 0 Å². The van der Waals surface area contributed by atoms with Crippen LogP contribution in [-0.2, 0) is 4.52 Å². The lowest BCUT2D eigenvalue weighted by Crippen LogP contribution is -2.20. The van der Waals surface area contributed by atoms with Crippen molar-refractivity contribution < 1.29 is 4.52 Å². The maximum atomic E-state index is 6.66. The van der Waals surface area contributed by atoms with E-state index in [2.05, 4.69) is 96.2 Å². The van der Waals surface area contributed by atoms with E-state index in [1.165, 1.54) is 11.1 Å². The van der Waals surface area contributed by atoms with Crippen molar-refractivity contribution in [2.45, 2.75) is 18.2 Å². The van der Waals surface area contributed by atoms with Crippen LogP contribution in [0.3, 0.4) is 0 Å². The van der Waals surface area contributed by atoms with Gasteiger partial charge in [-0.05, 0) is 30.8 Å². The summed E-state index contributed by atoms with van der Waals surface area (Å²) in [5, 5.41) is 0. The average Bonchev–Trinajstić information content (AvgIpc) is 3.03. The summed E-state index contributed by atoms with van der Waals surface area (Å²) >= 11 is 6.33. The SMILES string of the molecule is CN1[C@H](c2ccccc2)[C@@H](c2ccccc2)N(C)P1O[C@H](CCl)c1ccccc1. The van der Waals surface area contributed by atoms with Gasteiger partial charge in [-0.15, -0.1) is 11.6 Å². The van der Waals surface area contributed by atoms with Crippen LogP contribution in [0.2, 0.25) is 0 Å². The Hall–Kier alpha value is -1.74. The molecule has 1 aliphatic rings. The first-order valence-electron chi connectivity index (χ1n) is 9.84. The number of benzene rings is 3. The molecule has 3 nitrogen and oxygen atoms in total. The van der Waals surface area contributed by atoms with E-state index >= 15 is 0 Å². The Kier molecular flexibility index (Phi) is 6.64. The van der Waals surface area contributed by atoms with Crippen LogP contribution in [-0.4, -0.2) is 29.3 Å². The van der Waals surface area contributed by atoms with Gasteiger partial charge in [0, 0.05) is 0 Å². The molecule has 1 saturated heterocycles. The van der Waals surface area contributed by atoms with Crippen LogP contribution in [0, 0.1) is 0 Å². The molecule has 0 radical (unpaired) electrons. The lowest BCUT2D eigenvalue weighted by molar-refractivity contribution is 0.226. The van der Waals surface area contributed by atoms with Gasteiger partial charge in [-0.2, -0.15) is 0 Å². The highest BCUT2D eigenvalue weighted by Crippen LogP contribution is 2.64. The summed E-state index contributed by atoms with van der Waals surface area (Å²) in [6.07, 6.45) is -0.139. The minimum atomic E-state index is -0.980.